The fraction of sp³-hybridized carbons (Fsp3) is 0.200. The van der Waals surface area contributed by atoms with E-state index in [4.69, 9.17) is 21.4 Å². The van der Waals surface area contributed by atoms with E-state index in [0.717, 1.165) is 21.4 Å². The fourth-order valence-electron chi connectivity index (χ4n) is 1.36. The summed E-state index contributed by atoms with van der Waals surface area (Å²) in [5.41, 5.74) is 0.894. The van der Waals surface area contributed by atoms with Crippen LogP contribution in [0.2, 0.25) is 5.02 Å². The van der Waals surface area contributed by atoms with Gasteiger partial charge in [-0.3, -0.25) is 0 Å². The van der Waals surface area contributed by atoms with Crippen molar-refractivity contribution >= 4 is 33.0 Å². The molecule has 0 aliphatic carbocycles. The molecule has 0 spiro atoms. The summed E-state index contributed by atoms with van der Waals surface area (Å²) in [5, 5.41) is 12.7. The Morgan fingerprint density at radius 1 is 1.50 bits per heavy atom. The van der Waals surface area contributed by atoms with Gasteiger partial charge in [0.2, 0.25) is 0 Å². The van der Waals surface area contributed by atoms with E-state index in [1.54, 1.807) is 13.2 Å². The van der Waals surface area contributed by atoms with Gasteiger partial charge in [-0.15, -0.1) is 11.3 Å². The van der Waals surface area contributed by atoms with Crippen LogP contribution >= 0.6 is 22.9 Å². The van der Waals surface area contributed by atoms with E-state index in [2.05, 4.69) is 0 Å². The molecule has 2 nitrogen and oxygen atoms in total. The molecule has 74 valence electrons. The normalized spacial score (nSPS) is 10.8. The van der Waals surface area contributed by atoms with Crippen molar-refractivity contribution in [2.24, 2.45) is 0 Å². The maximum Gasteiger partial charge on any atom is 0.121 e. The Kier molecular flexibility index (Phi) is 2.63. The van der Waals surface area contributed by atoms with Crippen LogP contribution < -0.4 is 4.74 Å². The van der Waals surface area contributed by atoms with Crippen molar-refractivity contribution in [1.82, 2.24) is 0 Å². The Morgan fingerprint density at radius 2 is 2.29 bits per heavy atom. The van der Waals surface area contributed by atoms with Gasteiger partial charge in [-0.2, -0.15) is 0 Å². The Bertz CT molecular complexity index is 464. The van der Waals surface area contributed by atoms with E-state index in [9.17, 15) is 0 Å². The van der Waals surface area contributed by atoms with Gasteiger partial charge in [-0.05, 0) is 17.0 Å². The summed E-state index contributed by atoms with van der Waals surface area (Å²) >= 11 is 7.60. The highest BCUT2D eigenvalue weighted by molar-refractivity contribution is 7.18. The van der Waals surface area contributed by atoms with Gasteiger partial charge in [0.1, 0.15) is 5.75 Å². The molecule has 14 heavy (non-hydrogen) atoms. The van der Waals surface area contributed by atoms with Gasteiger partial charge in [-0.1, -0.05) is 11.6 Å². The number of methoxy groups -OCH3 is 1. The molecule has 0 aliphatic heterocycles. The van der Waals surface area contributed by atoms with Gasteiger partial charge >= 0.3 is 0 Å². The van der Waals surface area contributed by atoms with Crippen LogP contribution in [0.4, 0.5) is 0 Å². The Morgan fingerprint density at radius 3 is 2.93 bits per heavy atom. The number of thiophene rings is 1. The SMILES string of the molecule is COc1cc(Cl)c2scc(CO)c2c1. The molecular formula is C10H9ClO2S. The predicted molar refractivity (Wildman–Crippen MR) is 59.3 cm³/mol. The molecule has 1 heterocycles. The Balaban J connectivity index is 2.73. The standard InChI is InChI=1S/C10H9ClO2S/c1-13-7-2-8-6(4-12)5-14-10(8)9(11)3-7/h2-3,5,12H,4H2,1H3. The number of aliphatic hydroxyl groups excluding tert-OH is 1. The molecule has 1 N–H and O–H groups in total. The van der Waals surface area contributed by atoms with Crippen LogP contribution in [0.3, 0.4) is 0 Å². The molecule has 0 aliphatic rings. The topological polar surface area (TPSA) is 29.5 Å². The minimum absolute atomic E-state index is 0.0312. The minimum Gasteiger partial charge on any atom is -0.497 e. The number of hydrogen-bond acceptors (Lipinski definition) is 3. The zero-order valence-corrected chi connectivity index (χ0v) is 9.15. The largest absolute Gasteiger partial charge is 0.497 e. The summed E-state index contributed by atoms with van der Waals surface area (Å²) in [5.74, 6) is 0.718. The van der Waals surface area contributed by atoms with Crippen LogP contribution in [0.25, 0.3) is 10.1 Å². The highest BCUT2D eigenvalue weighted by Crippen LogP contribution is 2.35. The smallest absolute Gasteiger partial charge is 0.121 e. The first-order valence-corrected chi connectivity index (χ1v) is 5.36. The molecule has 0 saturated heterocycles. The van der Waals surface area contributed by atoms with Gasteiger partial charge in [0.25, 0.3) is 0 Å². The number of rotatable bonds is 2. The van der Waals surface area contributed by atoms with Gasteiger partial charge in [0.05, 0.1) is 23.4 Å². The number of benzene rings is 1. The average Bonchev–Trinajstić information content (AvgIpc) is 2.61. The first-order valence-electron chi connectivity index (χ1n) is 4.10. The van der Waals surface area contributed by atoms with Crippen molar-refractivity contribution in [3.8, 4) is 5.75 Å². The molecule has 0 saturated carbocycles. The van der Waals surface area contributed by atoms with E-state index in [1.165, 1.54) is 11.3 Å². The lowest BCUT2D eigenvalue weighted by molar-refractivity contribution is 0.284. The molecule has 1 aromatic heterocycles. The third-order valence-electron chi connectivity index (χ3n) is 2.09. The van der Waals surface area contributed by atoms with Crippen molar-refractivity contribution in [3.05, 3.63) is 28.1 Å². The average molecular weight is 229 g/mol. The third-order valence-corrected chi connectivity index (χ3v) is 3.58. The molecule has 0 fully saturated rings. The highest BCUT2D eigenvalue weighted by Gasteiger charge is 2.08. The quantitative estimate of drug-likeness (QED) is 0.856. The molecular weight excluding hydrogens is 220 g/mol. The number of hydrogen-bond donors (Lipinski definition) is 1. The molecule has 0 unspecified atom stereocenters. The van der Waals surface area contributed by atoms with Gasteiger partial charge in [0, 0.05) is 11.5 Å². The van der Waals surface area contributed by atoms with Crippen LogP contribution in [0.15, 0.2) is 17.5 Å². The van der Waals surface area contributed by atoms with Crippen molar-refractivity contribution < 1.29 is 9.84 Å². The predicted octanol–water partition coefficient (Wildman–Crippen LogP) is 3.06. The fourth-order valence-corrected chi connectivity index (χ4v) is 2.65. The second-order valence-electron chi connectivity index (χ2n) is 2.90. The van der Waals surface area contributed by atoms with Crippen molar-refractivity contribution in [1.29, 1.82) is 0 Å². The van der Waals surface area contributed by atoms with Crippen molar-refractivity contribution in [3.63, 3.8) is 0 Å². The number of fused-ring (bicyclic) bond motifs is 1. The summed E-state index contributed by atoms with van der Waals surface area (Å²) in [6.07, 6.45) is 0. The summed E-state index contributed by atoms with van der Waals surface area (Å²) in [4.78, 5) is 0. The van der Waals surface area contributed by atoms with Crippen LogP contribution in [0, 0.1) is 0 Å². The number of ether oxygens (including phenoxy) is 1. The molecule has 2 rings (SSSR count). The van der Waals surface area contributed by atoms with Gasteiger partial charge < -0.3 is 9.84 Å². The van der Waals surface area contributed by atoms with Gasteiger partial charge in [-0.25, -0.2) is 0 Å². The van der Waals surface area contributed by atoms with Crippen LogP contribution in [0.1, 0.15) is 5.56 Å². The van der Waals surface area contributed by atoms with Crippen LogP contribution in [0.5, 0.6) is 5.75 Å². The number of aliphatic hydroxyl groups is 1. The third kappa shape index (κ3) is 1.47. The minimum atomic E-state index is 0.0312. The number of halogens is 1. The molecule has 4 heteroatoms. The summed E-state index contributed by atoms with van der Waals surface area (Å²) in [7, 11) is 1.60. The van der Waals surface area contributed by atoms with E-state index in [0.29, 0.717) is 5.02 Å². The van der Waals surface area contributed by atoms with Crippen molar-refractivity contribution in [2.75, 3.05) is 7.11 Å². The maximum atomic E-state index is 9.10. The lowest BCUT2D eigenvalue weighted by Crippen LogP contribution is -1.84. The second kappa shape index (κ2) is 3.77. The Labute approximate surface area is 90.7 Å². The zero-order valence-electron chi connectivity index (χ0n) is 7.58. The molecule has 2 aromatic rings. The lowest BCUT2D eigenvalue weighted by atomic mass is 10.2. The van der Waals surface area contributed by atoms with E-state index < -0.39 is 0 Å². The first kappa shape index (κ1) is 9.77. The molecule has 0 amide bonds. The second-order valence-corrected chi connectivity index (χ2v) is 4.19. The van der Waals surface area contributed by atoms with Crippen LogP contribution in [-0.4, -0.2) is 12.2 Å². The maximum absolute atomic E-state index is 9.10. The molecule has 0 atom stereocenters. The van der Waals surface area contributed by atoms with Crippen molar-refractivity contribution in [2.45, 2.75) is 6.61 Å². The molecule has 0 bridgehead atoms. The zero-order chi connectivity index (χ0) is 10.1. The molecule has 0 radical (unpaired) electrons. The first-order chi connectivity index (χ1) is 6.76. The van der Waals surface area contributed by atoms with Crippen LogP contribution in [-0.2, 0) is 6.61 Å². The lowest BCUT2D eigenvalue weighted by Gasteiger charge is -2.02. The monoisotopic (exact) mass is 228 g/mol. The van der Waals surface area contributed by atoms with E-state index in [-0.39, 0.29) is 6.61 Å². The van der Waals surface area contributed by atoms with E-state index in [1.807, 2.05) is 11.4 Å². The Hall–Kier alpha value is -0.770. The highest BCUT2D eigenvalue weighted by atomic mass is 35.5. The molecule has 1 aromatic carbocycles. The summed E-state index contributed by atoms with van der Waals surface area (Å²) in [6.45, 7) is 0.0312. The summed E-state index contributed by atoms with van der Waals surface area (Å²) < 4.78 is 6.11. The summed E-state index contributed by atoms with van der Waals surface area (Å²) in [6, 6.07) is 3.67. The van der Waals surface area contributed by atoms with Gasteiger partial charge in [0.15, 0.2) is 0 Å². The van der Waals surface area contributed by atoms with E-state index >= 15 is 0 Å².